The SMILES string of the molecule is COc1ccccc1C=NOCc1nc2c3c(C)c(C)n(Cc4ccccc4)c3ncn2n1. The molecule has 0 aliphatic rings. The highest BCUT2D eigenvalue weighted by Gasteiger charge is 2.18. The van der Waals surface area contributed by atoms with E-state index in [9.17, 15) is 0 Å². The molecule has 0 fully saturated rings. The first kappa shape index (κ1) is 20.7. The predicted octanol–water partition coefficient (Wildman–Crippen LogP) is 4.30. The van der Waals surface area contributed by atoms with Gasteiger partial charge in [-0.3, -0.25) is 0 Å². The maximum Gasteiger partial charge on any atom is 0.192 e. The minimum Gasteiger partial charge on any atom is -0.496 e. The first-order valence-corrected chi connectivity index (χ1v) is 10.7. The first-order chi connectivity index (χ1) is 16.2. The normalized spacial score (nSPS) is 11.6. The van der Waals surface area contributed by atoms with Crippen LogP contribution in [0.15, 0.2) is 66.1 Å². The lowest BCUT2D eigenvalue weighted by atomic mass is 10.2. The maximum absolute atomic E-state index is 5.45. The van der Waals surface area contributed by atoms with Crippen LogP contribution in [-0.2, 0) is 18.0 Å². The molecule has 5 rings (SSSR count). The van der Waals surface area contributed by atoms with Crippen LogP contribution in [0.25, 0.3) is 16.7 Å². The Balaban J connectivity index is 1.41. The van der Waals surface area contributed by atoms with Crippen LogP contribution in [0.3, 0.4) is 0 Å². The number of benzene rings is 2. The van der Waals surface area contributed by atoms with E-state index in [4.69, 9.17) is 19.5 Å². The molecule has 0 aliphatic heterocycles. The van der Waals surface area contributed by atoms with Crippen molar-refractivity contribution in [1.29, 1.82) is 0 Å². The summed E-state index contributed by atoms with van der Waals surface area (Å²) in [6, 6.07) is 18.0. The van der Waals surface area contributed by atoms with Crippen molar-refractivity contribution < 1.29 is 9.57 Å². The van der Waals surface area contributed by atoms with Gasteiger partial charge in [0, 0.05) is 17.8 Å². The van der Waals surface area contributed by atoms with Crippen LogP contribution in [0, 0.1) is 13.8 Å². The summed E-state index contributed by atoms with van der Waals surface area (Å²) in [4.78, 5) is 14.9. The zero-order valence-electron chi connectivity index (χ0n) is 18.8. The van der Waals surface area contributed by atoms with E-state index in [0.29, 0.717) is 5.82 Å². The molecule has 5 aromatic rings. The fourth-order valence-corrected chi connectivity index (χ4v) is 3.96. The van der Waals surface area contributed by atoms with Crippen molar-refractivity contribution in [3.8, 4) is 5.75 Å². The van der Waals surface area contributed by atoms with Crippen molar-refractivity contribution in [2.75, 3.05) is 7.11 Å². The van der Waals surface area contributed by atoms with Gasteiger partial charge in [0.2, 0.25) is 0 Å². The highest BCUT2D eigenvalue weighted by atomic mass is 16.6. The van der Waals surface area contributed by atoms with E-state index in [2.05, 4.69) is 52.9 Å². The van der Waals surface area contributed by atoms with Crippen LogP contribution in [0.4, 0.5) is 0 Å². The first-order valence-electron chi connectivity index (χ1n) is 10.7. The summed E-state index contributed by atoms with van der Waals surface area (Å²) in [5, 5.41) is 9.56. The molecule has 0 atom stereocenters. The molecule has 8 nitrogen and oxygen atoms in total. The molecule has 0 aliphatic carbocycles. The molecule has 0 saturated carbocycles. The third kappa shape index (κ3) is 3.91. The summed E-state index contributed by atoms with van der Waals surface area (Å²) in [5.74, 6) is 1.27. The van der Waals surface area contributed by atoms with E-state index < -0.39 is 0 Å². The number of aromatic nitrogens is 5. The van der Waals surface area contributed by atoms with Crippen LogP contribution in [0.1, 0.15) is 28.2 Å². The van der Waals surface area contributed by atoms with Crippen LogP contribution in [-0.4, -0.2) is 37.5 Å². The Bertz CT molecular complexity index is 1450. The predicted molar refractivity (Wildman–Crippen MR) is 127 cm³/mol. The number of ether oxygens (including phenoxy) is 1. The van der Waals surface area contributed by atoms with E-state index in [-0.39, 0.29) is 6.61 Å². The van der Waals surface area contributed by atoms with Crippen molar-refractivity contribution in [3.05, 3.63) is 89.1 Å². The molecule has 33 heavy (non-hydrogen) atoms. The second kappa shape index (κ2) is 8.74. The van der Waals surface area contributed by atoms with Gasteiger partial charge in [-0.15, -0.1) is 5.10 Å². The number of para-hydroxylation sites is 1. The highest BCUT2D eigenvalue weighted by molar-refractivity contribution is 5.94. The van der Waals surface area contributed by atoms with Gasteiger partial charge in [0.05, 0.1) is 18.7 Å². The minimum absolute atomic E-state index is 0.150. The zero-order chi connectivity index (χ0) is 22.8. The Hall–Kier alpha value is -4.20. The summed E-state index contributed by atoms with van der Waals surface area (Å²) in [6.07, 6.45) is 3.32. The summed E-state index contributed by atoms with van der Waals surface area (Å²) in [5.41, 5.74) is 6.03. The van der Waals surface area contributed by atoms with Gasteiger partial charge in [-0.1, -0.05) is 47.6 Å². The number of nitrogens with zero attached hydrogens (tertiary/aromatic N) is 6. The van der Waals surface area contributed by atoms with Gasteiger partial charge in [0.15, 0.2) is 18.1 Å². The lowest BCUT2D eigenvalue weighted by Crippen LogP contribution is -2.03. The molecule has 0 radical (unpaired) electrons. The standard InChI is InChI=1S/C25H24N6O2/c1-17-18(2)30(14-19-9-5-4-6-10-19)24-23(17)25-28-22(29-31(25)16-26-24)15-33-27-13-20-11-7-8-12-21(20)32-3/h4-13,16H,14-15H2,1-3H3. The third-order valence-corrected chi connectivity index (χ3v) is 5.77. The van der Waals surface area contributed by atoms with E-state index in [0.717, 1.165) is 45.8 Å². The fourth-order valence-electron chi connectivity index (χ4n) is 3.96. The smallest absolute Gasteiger partial charge is 0.192 e. The molecule has 0 spiro atoms. The van der Waals surface area contributed by atoms with Crippen molar-refractivity contribution >= 4 is 22.9 Å². The van der Waals surface area contributed by atoms with Gasteiger partial charge < -0.3 is 14.1 Å². The molecule has 2 aromatic carbocycles. The Labute approximate surface area is 191 Å². The number of methoxy groups -OCH3 is 1. The largest absolute Gasteiger partial charge is 0.496 e. The lowest BCUT2D eigenvalue weighted by molar-refractivity contribution is 0.126. The van der Waals surface area contributed by atoms with Gasteiger partial charge in [0.1, 0.15) is 17.7 Å². The van der Waals surface area contributed by atoms with Crippen LogP contribution in [0.2, 0.25) is 0 Å². The molecule has 0 unspecified atom stereocenters. The molecule has 166 valence electrons. The molecular formula is C25H24N6O2. The molecule has 3 aromatic heterocycles. The van der Waals surface area contributed by atoms with Gasteiger partial charge >= 0.3 is 0 Å². The minimum atomic E-state index is 0.150. The van der Waals surface area contributed by atoms with Crippen molar-refractivity contribution in [2.45, 2.75) is 27.0 Å². The zero-order valence-corrected chi connectivity index (χ0v) is 18.8. The highest BCUT2D eigenvalue weighted by Crippen LogP contribution is 2.27. The Kier molecular flexibility index (Phi) is 5.48. The van der Waals surface area contributed by atoms with E-state index >= 15 is 0 Å². The fraction of sp³-hybridized carbons (Fsp3) is 0.200. The number of hydrogen-bond donors (Lipinski definition) is 0. The Morgan fingerprint density at radius 3 is 2.61 bits per heavy atom. The second-order valence-corrected chi connectivity index (χ2v) is 7.77. The summed E-state index contributed by atoms with van der Waals surface area (Å²) >= 11 is 0. The van der Waals surface area contributed by atoms with Gasteiger partial charge in [-0.2, -0.15) is 0 Å². The Morgan fingerprint density at radius 2 is 1.79 bits per heavy atom. The van der Waals surface area contributed by atoms with Gasteiger partial charge in [0.25, 0.3) is 0 Å². The van der Waals surface area contributed by atoms with E-state index in [1.807, 2.05) is 30.3 Å². The van der Waals surface area contributed by atoms with Crippen LogP contribution < -0.4 is 4.74 Å². The Morgan fingerprint density at radius 1 is 1.00 bits per heavy atom. The number of aryl methyl sites for hydroxylation is 1. The number of oxime groups is 1. The lowest BCUT2D eigenvalue weighted by Gasteiger charge is -2.07. The average molecular weight is 441 g/mol. The molecule has 0 bridgehead atoms. The quantitative estimate of drug-likeness (QED) is 0.278. The molecular weight excluding hydrogens is 416 g/mol. The van der Waals surface area contributed by atoms with Crippen LogP contribution >= 0.6 is 0 Å². The summed E-state index contributed by atoms with van der Waals surface area (Å²) in [7, 11) is 1.62. The summed E-state index contributed by atoms with van der Waals surface area (Å²) < 4.78 is 9.24. The van der Waals surface area contributed by atoms with E-state index in [1.54, 1.807) is 24.2 Å². The average Bonchev–Trinajstić information content (AvgIpc) is 3.37. The van der Waals surface area contributed by atoms with Crippen molar-refractivity contribution in [3.63, 3.8) is 0 Å². The summed E-state index contributed by atoms with van der Waals surface area (Å²) in [6.45, 7) is 5.12. The van der Waals surface area contributed by atoms with Crippen molar-refractivity contribution in [2.24, 2.45) is 5.16 Å². The molecule has 0 N–H and O–H groups in total. The number of hydrogen-bond acceptors (Lipinski definition) is 6. The molecule has 3 heterocycles. The molecule has 0 saturated heterocycles. The monoisotopic (exact) mass is 440 g/mol. The van der Waals surface area contributed by atoms with Crippen LogP contribution in [0.5, 0.6) is 5.75 Å². The van der Waals surface area contributed by atoms with Gasteiger partial charge in [-0.05, 0) is 37.1 Å². The second-order valence-electron chi connectivity index (χ2n) is 7.77. The molecule has 0 amide bonds. The molecule has 8 heteroatoms. The number of fused-ring (bicyclic) bond motifs is 3. The van der Waals surface area contributed by atoms with E-state index in [1.165, 1.54) is 5.56 Å². The maximum atomic E-state index is 5.45. The van der Waals surface area contributed by atoms with Crippen molar-refractivity contribution in [1.82, 2.24) is 24.1 Å². The third-order valence-electron chi connectivity index (χ3n) is 5.77. The topological polar surface area (TPSA) is 78.8 Å². The van der Waals surface area contributed by atoms with Gasteiger partial charge in [-0.25, -0.2) is 14.5 Å². The number of rotatable bonds is 7.